The minimum absolute atomic E-state index is 0.0264. The molecule has 0 saturated carbocycles. The Balaban J connectivity index is 1.94. The molecule has 8 heteroatoms. The van der Waals surface area contributed by atoms with Gasteiger partial charge in [0.25, 0.3) is 0 Å². The molecular weight excluding hydrogens is 476 g/mol. The molecule has 3 fully saturated rings. The van der Waals surface area contributed by atoms with Crippen molar-refractivity contribution in [1.29, 1.82) is 0 Å². The molecule has 0 aliphatic carbocycles. The molecule has 1 spiro atoms. The molecule has 3 rings (SSSR count). The Kier molecular flexibility index (Phi) is 10.1. The van der Waals surface area contributed by atoms with Gasteiger partial charge in [-0.05, 0) is 51.9 Å². The smallest absolute Gasteiger partial charge is 0.311 e. The predicted molar refractivity (Wildman–Crippen MR) is 143 cm³/mol. The van der Waals surface area contributed by atoms with Gasteiger partial charge in [-0.15, -0.1) is 24.9 Å². The summed E-state index contributed by atoms with van der Waals surface area (Å²) in [5.74, 6) is -1.55. The number of ether oxygens (including phenoxy) is 1. The number of aliphatic hydroxyl groups excluding tert-OH is 1. The number of thioether (sulfide) groups is 1. The van der Waals surface area contributed by atoms with Crippen LogP contribution in [0.25, 0.3) is 0 Å². The van der Waals surface area contributed by atoms with E-state index in [0.717, 1.165) is 38.5 Å². The van der Waals surface area contributed by atoms with Crippen LogP contribution in [-0.4, -0.2) is 81.1 Å². The first-order valence-electron chi connectivity index (χ1n) is 13.6. The maximum absolute atomic E-state index is 14.2. The highest BCUT2D eigenvalue weighted by Crippen LogP contribution is 2.71. The van der Waals surface area contributed by atoms with Crippen molar-refractivity contribution in [2.45, 2.75) is 87.2 Å². The number of nitrogens with zero attached hydrogens (tertiary/aromatic N) is 2. The summed E-state index contributed by atoms with van der Waals surface area (Å²) in [5.41, 5.74) is 0. The number of likely N-dealkylation sites (tertiary alicyclic amines) is 1. The second-order valence-corrected chi connectivity index (χ2v) is 12.5. The summed E-state index contributed by atoms with van der Waals surface area (Å²) in [6.07, 6.45) is 10.7. The van der Waals surface area contributed by atoms with Gasteiger partial charge in [-0.1, -0.05) is 31.9 Å². The molecule has 1 N–H and O–H groups in total. The molecule has 36 heavy (non-hydrogen) atoms. The quantitative estimate of drug-likeness (QED) is 0.188. The largest absolute Gasteiger partial charge is 0.465 e. The van der Waals surface area contributed by atoms with Crippen LogP contribution in [0.5, 0.6) is 0 Å². The first-order valence-corrected chi connectivity index (χ1v) is 14.4. The third-order valence-electron chi connectivity index (χ3n) is 8.08. The maximum Gasteiger partial charge on any atom is 0.311 e. The van der Waals surface area contributed by atoms with Gasteiger partial charge in [0, 0.05) is 31.0 Å². The molecule has 3 heterocycles. The molecule has 3 aliphatic heterocycles. The van der Waals surface area contributed by atoms with Crippen LogP contribution in [-0.2, 0) is 19.1 Å². The third kappa shape index (κ3) is 5.40. The summed E-state index contributed by atoms with van der Waals surface area (Å²) in [5, 5.41) is 9.20. The molecule has 5 atom stereocenters. The highest BCUT2D eigenvalue weighted by molar-refractivity contribution is 8.02. The first-order chi connectivity index (χ1) is 17.3. The van der Waals surface area contributed by atoms with Crippen molar-refractivity contribution in [3.8, 4) is 0 Å². The number of fused-ring (bicyclic) bond motifs is 1. The van der Waals surface area contributed by atoms with Crippen molar-refractivity contribution in [2.24, 2.45) is 11.8 Å². The number of hydrogen-bond donors (Lipinski definition) is 1. The van der Waals surface area contributed by atoms with E-state index in [1.54, 1.807) is 28.8 Å². The fourth-order valence-corrected chi connectivity index (χ4v) is 8.72. The second-order valence-electron chi connectivity index (χ2n) is 10.6. The summed E-state index contributed by atoms with van der Waals surface area (Å²) >= 11 is 1.68. The zero-order valence-electron chi connectivity index (χ0n) is 22.1. The highest BCUT2D eigenvalue weighted by atomic mass is 32.2. The van der Waals surface area contributed by atoms with E-state index in [4.69, 9.17) is 4.74 Å². The Labute approximate surface area is 220 Å². The summed E-state index contributed by atoms with van der Waals surface area (Å²) in [6.45, 7) is 13.7. The molecule has 0 aromatic rings. The van der Waals surface area contributed by atoms with Crippen molar-refractivity contribution < 1.29 is 24.2 Å². The summed E-state index contributed by atoms with van der Waals surface area (Å²) in [6, 6.07) is -0.594. The van der Waals surface area contributed by atoms with E-state index in [9.17, 15) is 19.5 Å². The lowest BCUT2D eigenvalue weighted by atomic mass is 9.66. The molecule has 7 nitrogen and oxygen atoms in total. The molecule has 202 valence electrons. The predicted octanol–water partition coefficient (Wildman–Crippen LogP) is 3.95. The number of hydrogen-bond acceptors (Lipinski definition) is 6. The fraction of sp³-hybridized carbons (Fsp3) is 0.750. The number of rotatable bonds is 16. The molecular formula is C28H44N2O5S. The van der Waals surface area contributed by atoms with Crippen LogP contribution in [0.2, 0.25) is 0 Å². The highest BCUT2D eigenvalue weighted by Gasteiger charge is 2.77. The average molecular weight is 521 g/mol. The van der Waals surface area contributed by atoms with Crippen LogP contribution in [0.3, 0.4) is 0 Å². The zero-order chi connectivity index (χ0) is 26.3. The Hall–Kier alpha value is -1.80. The molecule has 3 aliphatic rings. The van der Waals surface area contributed by atoms with E-state index < -0.39 is 27.4 Å². The molecule has 2 amide bonds. The van der Waals surface area contributed by atoms with Gasteiger partial charge in [0.2, 0.25) is 11.8 Å². The van der Waals surface area contributed by atoms with Crippen LogP contribution in [0.15, 0.2) is 25.3 Å². The van der Waals surface area contributed by atoms with E-state index in [0.29, 0.717) is 38.9 Å². The lowest BCUT2D eigenvalue weighted by Crippen LogP contribution is -2.55. The van der Waals surface area contributed by atoms with E-state index in [2.05, 4.69) is 27.0 Å². The molecule has 0 aromatic carbocycles. The number of carbonyl (C=O) groups is 3. The SMILES string of the molecule is C=CCCOC(=O)[C@H]1[C@H]2C(=O)N(CCCCCO)C(C(=O)N(CC=C)CCCCC)C23CC[C@]1(C)S3. The monoisotopic (exact) mass is 520 g/mol. The number of aliphatic hydroxyl groups is 1. The summed E-state index contributed by atoms with van der Waals surface area (Å²) in [4.78, 5) is 45.2. The van der Waals surface area contributed by atoms with Gasteiger partial charge in [-0.2, -0.15) is 0 Å². The van der Waals surface area contributed by atoms with Gasteiger partial charge in [0.05, 0.1) is 23.2 Å². The van der Waals surface area contributed by atoms with Gasteiger partial charge in [0.1, 0.15) is 6.04 Å². The van der Waals surface area contributed by atoms with Crippen LogP contribution in [0.4, 0.5) is 0 Å². The maximum atomic E-state index is 14.2. The van der Waals surface area contributed by atoms with E-state index >= 15 is 0 Å². The lowest BCUT2D eigenvalue weighted by Gasteiger charge is -2.37. The van der Waals surface area contributed by atoms with Crippen molar-refractivity contribution in [1.82, 2.24) is 9.80 Å². The fourth-order valence-electron chi connectivity index (χ4n) is 6.38. The van der Waals surface area contributed by atoms with E-state index in [1.807, 2.05) is 4.90 Å². The molecule has 2 bridgehead atoms. The van der Waals surface area contributed by atoms with Gasteiger partial charge >= 0.3 is 5.97 Å². The Bertz CT molecular complexity index is 835. The topological polar surface area (TPSA) is 87.1 Å². The molecule has 3 saturated heterocycles. The first kappa shape index (κ1) is 28.8. The zero-order valence-corrected chi connectivity index (χ0v) is 22.9. The van der Waals surface area contributed by atoms with Crippen molar-refractivity contribution >= 4 is 29.5 Å². The van der Waals surface area contributed by atoms with E-state index in [-0.39, 0.29) is 31.0 Å². The molecule has 2 unspecified atom stereocenters. The summed E-state index contributed by atoms with van der Waals surface area (Å²) < 4.78 is 4.57. The van der Waals surface area contributed by atoms with Gasteiger partial charge < -0.3 is 19.6 Å². The van der Waals surface area contributed by atoms with Crippen LogP contribution in [0, 0.1) is 11.8 Å². The van der Waals surface area contributed by atoms with Crippen LogP contribution < -0.4 is 0 Å². The number of amides is 2. The average Bonchev–Trinajstić information content (AvgIpc) is 3.42. The molecule has 0 radical (unpaired) electrons. The number of unbranched alkanes of at least 4 members (excludes halogenated alkanes) is 4. The minimum Gasteiger partial charge on any atom is -0.465 e. The summed E-state index contributed by atoms with van der Waals surface area (Å²) in [7, 11) is 0. The van der Waals surface area contributed by atoms with Crippen molar-refractivity contribution in [3.05, 3.63) is 25.3 Å². The van der Waals surface area contributed by atoms with E-state index in [1.165, 1.54) is 0 Å². The van der Waals surface area contributed by atoms with Crippen molar-refractivity contribution in [2.75, 3.05) is 32.8 Å². The van der Waals surface area contributed by atoms with Gasteiger partial charge in [0.15, 0.2) is 0 Å². The lowest BCUT2D eigenvalue weighted by molar-refractivity contribution is -0.155. The van der Waals surface area contributed by atoms with Crippen LogP contribution >= 0.6 is 11.8 Å². The van der Waals surface area contributed by atoms with Gasteiger partial charge in [-0.3, -0.25) is 14.4 Å². The number of carbonyl (C=O) groups excluding carboxylic acids is 3. The standard InChI is InChI=1S/C28H44N2O5S/c1-5-8-11-17-29(16-7-3)25(33)23-28-15-14-27(4,36-28)22(26(34)35-20-9-6-2)21(28)24(32)30(23)18-12-10-13-19-31/h6-7,21-23,31H,2-3,5,8-20H2,1,4H3/t21-,22+,23?,27-,28?/m0/s1. The third-order valence-corrected chi connectivity index (χ3v) is 10.1. The Morgan fingerprint density at radius 2 is 1.97 bits per heavy atom. The van der Waals surface area contributed by atoms with Crippen molar-refractivity contribution in [3.63, 3.8) is 0 Å². The Morgan fingerprint density at radius 1 is 1.19 bits per heavy atom. The normalized spacial score (nSPS) is 30.4. The molecule has 0 aromatic heterocycles. The van der Waals surface area contributed by atoms with Gasteiger partial charge in [-0.25, -0.2) is 0 Å². The Morgan fingerprint density at radius 3 is 2.64 bits per heavy atom. The minimum atomic E-state index is -0.619. The number of esters is 1. The van der Waals surface area contributed by atoms with Crippen LogP contribution in [0.1, 0.15) is 71.6 Å². The second kappa shape index (κ2) is 12.6.